The second-order valence-electron chi connectivity index (χ2n) is 13.7. The van der Waals surface area contributed by atoms with Gasteiger partial charge in [-0.15, -0.1) is 0 Å². The average molecular weight is 623 g/mol. The van der Waals surface area contributed by atoms with Crippen molar-refractivity contribution in [2.45, 2.75) is 233 Å². The summed E-state index contributed by atoms with van der Waals surface area (Å²) < 4.78 is 11.6. The molecule has 0 saturated heterocycles. The Balaban J connectivity index is 3.88. The molecule has 0 saturated carbocycles. The van der Waals surface area contributed by atoms with Crippen LogP contribution in [0.2, 0.25) is 0 Å². The van der Waals surface area contributed by atoms with Crippen LogP contribution < -0.4 is 0 Å². The van der Waals surface area contributed by atoms with Gasteiger partial charge in [-0.25, -0.2) is 0 Å². The summed E-state index contributed by atoms with van der Waals surface area (Å²) in [5, 5.41) is 0. The molecule has 0 amide bonds. The predicted molar refractivity (Wildman–Crippen MR) is 190 cm³/mol. The van der Waals surface area contributed by atoms with Crippen molar-refractivity contribution in [1.29, 1.82) is 0 Å². The van der Waals surface area contributed by atoms with E-state index in [0.717, 1.165) is 44.9 Å². The van der Waals surface area contributed by atoms with Crippen molar-refractivity contribution < 1.29 is 19.1 Å². The van der Waals surface area contributed by atoms with Crippen molar-refractivity contribution in [3.63, 3.8) is 0 Å². The Morgan fingerprint density at radius 1 is 0.432 bits per heavy atom. The van der Waals surface area contributed by atoms with E-state index >= 15 is 0 Å². The van der Waals surface area contributed by atoms with E-state index in [1.54, 1.807) is 0 Å². The van der Waals surface area contributed by atoms with Gasteiger partial charge in [0.05, 0.1) is 6.61 Å². The molecule has 0 radical (unpaired) electrons. The first-order valence-electron chi connectivity index (χ1n) is 19.9. The number of esters is 2. The van der Waals surface area contributed by atoms with Crippen LogP contribution in [0.3, 0.4) is 0 Å². The molecular weight excluding hydrogens is 544 g/mol. The van der Waals surface area contributed by atoms with Crippen molar-refractivity contribution in [2.75, 3.05) is 6.61 Å². The van der Waals surface area contributed by atoms with Crippen LogP contribution in [0.1, 0.15) is 227 Å². The van der Waals surface area contributed by atoms with Crippen LogP contribution in [0.4, 0.5) is 0 Å². The molecule has 0 aliphatic carbocycles. The van der Waals surface area contributed by atoms with Crippen LogP contribution in [0.25, 0.3) is 0 Å². The zero-order valence-electron chi connectivity index (χ0n) is 30.4. The molecule has 0 heterocycles. The molecule has 2 atom stereocenters. The lowest BCUT2D eigenvalue weighted by Gasteiger charge is -2.26. The molecule has 0 aliphatic rings. The largest absolute Gasteiger partial charge is 0.465 e. The van der Waals surface area contributed by atoms with Gasteiger partial charge in [0.15, 0.2) is 0 Å². The molecule has 0 N–H and O–H groups in total. The number of hydrogen-bond donors (Lipinski definition) is 0. The first kappa shape index (κ1) is 42.9. The Labute approximate surface area is 276 Å². The third-order valence-electron chi connectivity index (χ3n) is 9.33. The summed E-state index contributed by atoms with van der Waals surface area (Å²) in [6, 6.07) is 0. The van der Waals surface area contributed by atoms with Crippen molar-refractivity contribution >= 4 is 11.9 Å². The molecule has 4 nitrogen and oxygen atoms in total. The Hall–Kier alpha value is -1.06. The minimum Gasteiger partial charge on any atom is -0.465 e. The van der Waals surface area contributed by atoms with E-state index in [-0.39, 0.29) is 24.0 Å². The summed E-state index contributed by atoms with van der Waals surface area (Å²) in [7, 11) is 0. The SMILES string of the molecule is CCCCCCCCCCCCCCCC(=O)OCC(CC)C(CCC)OC(=O)CCCCCCCCCCCCCCC. The molecule has 0 spiro atoms. The maximum absolute atomic E-state index is 12.6. The van der Waals surface area contributed by atoms with Gasteiger partial charge in [-0.2, -0.15) is 0 Å². The standard InChI is InChI=1S/C40H78O4/c1-5-9-11-13-15-17-19-21-23-25-27-29-31-34-39(41)43-36-37(8-4)38(33-7-3)44-40(42)35-32-30-28-26-24-22-20-18-16-14-12-10-6-2/h37-38H,5-36H2,1-4H3. The molecule has 0 aliphatic heterocycles. The highest BCUT2D eigenvalue weighted by molar-refractivity contribution is 5.70. The van der Waals surface area contributed by atoms with Gasteiger partial charge in [-0.3, -0.25) is 9.59 Å². The highest BCUT2D eigenvalue weighted by atomic mass is 16.6. The van der Waals surface area contributed by atoms with Crippen LogP contribution in [0.15, 0.2) is 0 Å². The number of ether oxygens (including phenoxy) is 2. The van der Waals surface area contributed by atoms with Crippen LogP contribution in [-0.2, 0) is 19.1 Å². The van der Waals surface area contributed by atoms with Crippen molar-refractivity contribution in [3.8, 4) is 0 Å². The zero-order valence-corrected chi connectivity index (χ0v) is 30.4. The van der Waals surface area contributed by atoms with Gasteiger partial charge < -0.3 is 9.47 Å². The monoisotopic (exact) mass is 623 g/mol. The van der Waals surface area contributed by atoms with Crippen molar-refractivity contribution in [1.82, 2.24) is 0 Å². The Kier molecular flexibility index (Phi) is 34.0. The molecular formula is C40H78O4. The third kappa shape index (κ3) is 29.6. The van der Waals surface area contributed by atoms with Gasteiger partial charge in [-0.1, -0.05) is 188 Å². The average Bonchev–Trinajstić information content (AvgIpc) is 3.02. The molecule has 0 aromatic rings. The summed E-state index contributed by atoms with van der Waals surface area (Å²) in [6.45, 7) is 9.14. The predicted octanol–water partition coefficient (Wildman–Crippen LogP) is 13.2. The number of carbonyl (C=O) groups excluding carboxylic acids is 2. The van der Waals surface area contributed by atoms with E-state index < -0.39 is 0 Å². The normalized spacial score (nSPS) is 12.7. The summed E-state index contributed by atoms with van der Waals surface area (Å²) in [6.07, 6.45) is 37.4. The minimum atomic E-state index is -0.149. The second-order valence-corrected chi connectivity index (χ2v) is 13.7. The number of hydrogen-bond acceptors (Lipinski definition) is 4. The van der Waals surface area contributed by atoms with Crippen molar-refractivity contribution in [2.24, 2.45) is 5.92 Å². The molecule has 44 heavy (non-hydrogen) atoms. The first-order chi connectivity index (χ1) is 21.6. The summed E-state index contributed by atoms with van der Waals surface area (Å²) in [5.74, 6) is -0.0931. The Morgan fingerprint density at radius 3 is 1.11 bits per heavy atom. The molecule has 0 bridgehead atoms. The van der Waals surface area contributed by atoms with Gasteiger partial charge in [0.1, 0.15) is 6.10 Å². The van der Waals surface area contributed by atoms with Gasteiger partial charge in [0, 0.05) is 18.8 Å². The third-order valence-corrected chi connectivity index (χ3v) is 9.33. The van der Waals surface area contributed by atoms with E-state index in [0.29, 0.717) is 19.4 Å². The van der Waals surface area contributed by atoms with E-state index in [1.165, 1.54) is 141 Å². The topological polar surface area (TPSA) is 52.6 Å². The lowest BCUT2D eigenvalue weighted by atomic mass is 9.96. The zero-order chi connectivity index (χ0) is 32.4. The van der Waals surface area contributed by atoms with Gasteiger partial charge in [-0.05, 0) is 25.7 Å². The molecule has 0 aromatic carbocycles. The van der Waals surface area contributed by atoms with E-state index in [1.807, 2.05) is 0 Å². The van der Waals surface area contributed by atoms with Crippen molar-refractivity contribution in [3.05, 3.63) is 0 Å². The fourth-order valence-corrected chi connectivity index (χ4v) is 6.24. The fraction of sp³-hybridized carbons (Fsp3) is 0.950. The smallest absolute Gasteiger partial charge is 0.306 e. The second kappa shape index (κ2) is 34.8. The Morgan fingerprint density at radius 2 is 0.773 bits per heavy atom. The highest BCUT2D eigenvalue weighted by Gasteiger charge is 2.24. The molecule has 0 rings (SSSR count). The lowest BCUT2D eigenvalue weighted by Crippen LogP contribution is -2.30. The maximum Gasteiger partial charge on any atom is 0.306 e. The summed E-state index contributed by atoms with van der Waals surface area (Å²) in [5.41, 5.74) is 0. The minimum absolute atomic E-state index is 0.0803. The molecule has 262 valence electrons. The van der Waals surface area contributed by atoms with Gasteiger partial charge in [0.25, 0.3) is 0 Å². The van der Waals surface area contributed by atoms with E-state index in [4.69, 9.17) is 9.47 Å². The first-order valence-corrected chi connectivity index (χ1v) is 19.9. The van der Waals surface area contributed by atoms with E-state index in [9.17, 15) is 9.59 Å². The number of unbranched alkanes of at least 4 members (excludes halogenated alkanes) is 24. The van der Waals surface area contributed by atoms with E-state index in [2.05, 4.69) is 27.7 Å². The van der Waals surface area contributed by atoms with Crippen LogP contribution in [0.5, 0.6) is 0 Å². The van der Waals surface area contributed by atoms with Crippen LogP contribution in [0, 0.1) is 5.92 Å². The quantitative estimate of drug-likeness (QED) is 0.0521. The maximum atomic E-state index is 12.6. The Bertz CT molecular complexity index is 604. The van der Waals surface area contributed by atoms with Crippen LogP contribution >= 0.6 is 0 Å². The molecule has 0 fully saturated rings. The molecule has 0 aromatic heterocycles. The number of carbonyl (C=O) groups is 2. The van der Waals surface area contributed by atoms with Crippen LogP contribution in [-0.4, -0.2) is 24.6 Å². The molecule has 2 unspecified atom stereocenters. The molecule has 4 heteroatoms. The summed E-state index contributed by atoms with van der Waals surface area (Å²) >= 11 is 0. The van der Waals surface area contributed by atoms with Gasteiger partial charge >= 0.3 is 11.9 Å². The fourth-order valence-electron chi connectivity index (χ4n) is 6.24. The highest BCUT2D eigenvalue weighted by Crippen LogP contribution is 2.21. The van der Waals surface area contributed by atoms with Gasteiger partial charge in [0.2, 0.25) is 0 Å². The lowest BCUT2D eigenvalue weighted by molar-refractivity contribution is -0.156. The number of rotatable bonds is 35. The summed E-state index contributed by atoms with van der Waals surface area (Å²) in [4.78, 5) is 25.0.